The lowest BCUT2D eigenvalue weighted by molar-refractivity contribution is -0.385. The van der Waals surface area contributed by atoms with Crippen LogP contribution in [0, 0.1) is 0 Å². The van der Waals surface area contributed by atoms with Crippen molar-refractivity contribution in [1.82, 2.24) is 0 Å². The second-order valence-corrected chi connectivity index (χ2v) is 4.38. The Hall–Kier alpha value is -0.860. The van der Waals surface area contributed by atoms with E-state index in [-0.39, 0.29) is 11.3 Å². The normalized spacial score (nSPS) is 27.5. The van der Waals surface area contributed by atoms with Crippen LogP contribution >= 0.6 is 11.3 Å². The molecule has 1 aliphatic carbocycles. The van der Waals surface area contributed by atoms with Crippen LogP contribution in [0.3, 0.4) is 0 Å². The fourth-order valence-electron chi connectivity index (χ4n) is 1.51. The van der Waals surface area contributed by atoms with E-state index in [2.05, 4.69) is 0 Å². The summed E-state index contributed by atoms with van der Waals surface area (Å²) >= 11 is -0.106. The van der Waals surface area contributed by atoms with Crippen LogP contribution in [0.1, 0.15) is 10.4 Å². The van der Waals surface area contributed by atoms with Gasteiger partial charge >= 0.3 is 23.7 Å². The van der Waals surface area contributed by atoms with Gasteiger partial charge in [0.05, 0.1) is 4.88 Å². The molecule has 0 N–H and O–H groups in total. The molecule has 0 amide bonds. The van der Waals surface area contributed by atoms with Crippen molar-refractivity contribution in [1.29, 1.82) is 0 Å². The monoisotopic (exact) mass is 282 g/mol. The van der Waals surface area contributed by atoms with Crippen molar-refractivity contribution in [3.8, 4) is 0 Å². The lowest BCUT2D eigenvalue weighted by Gasteiger charge is -2.41. The van der Waals surface area contributed by atoms with Crippen molar-refractivity contribution in [2.45, 2.75) is 23.7 Å². The fraction of sp³-hybridized carbons (Fsp3) is 0.500. The van der Waals surface area contributed by atoms with E-state index in [1.165, 1.54) is 0 Å². The summed E-state index contributed by atoms with van der Waals surface area (Å²) in [6, 6.07) is 0.303. The first kappa shape index (κ1) is 12.6. The Morgan fingerprint density at radius 2 is 1.24 bits per heavy atom. The van der Waals surface area contributed by atoms with E-state index in [9.17, 15) is 35.1 Å². The van der Waals surface area contributed by atoms with Crippen molar-refractivity contribution >= 4 is 11.3 Å². The van der Waals surface area contributed by atoms with Crippen LogP contribution in [0.4, 0.5) is 35.1 Å². The predicted octanol–water partition coefficient (Wildman–Crippen LogP) is 4.22. The van der Waals surface area contributed by atoms with Crippen LogP contribution in [0.2, 0.25) is 0 Å². The molecule has 96 valence electrons. The van der Waals surface area contributed by atoms with Crippen molar-refractivity contribution < 1.29 is 35.1 Å². The first-order valence-electron chi connectivity index (χ1n) is 4.07. The van der Waals surface area contributed by atoms with Crippen LogP contribution in [-0.4, -0.2) is 11.8 Å². The third-order valence-corrected chi connectivity index (χ3v) is 3.46. The smallest absolute Gasteiger partial charge is 0.194 e. The van der Waals surface area contributed by atoms with Crippen molar-refractivity contribution in [2.24, 2.45) is 0 Å². The fourth-order valence-corrected chi connectivity index (χ4v) is 2.45. The molecule has 0 atom stereocenters. The van der Waals surface area contributed by atoms with Gasteiger partial charge in [-0.25, -0.2) is 0 Å². The average Bonchev–Trinajstić information content (AvgIpc) is 2.64. The quantitative estimate of drug-likeness (QED) is 0.625. The molecule has 1 aliphatic rings. The summed E-state index contributed by atoms with van der Waals surface area (Å²) in [5.41, 5.74) is -1.75. The Labute approximate surface area is 92.8 Å². The maximum absolute atomic E-state index is 13.1. The lowest BCUT2D eigenvalue weighted by atomic mass is 9.85. The molecule has 0 fully saturated rings. The van der Waals surface area contributed by atoms with Crippen LogP contribution in [0.15, 0.2) is 11.4 Å². The second kappa shape index (κ2) is 2.93. The minimum atomic E-state index is -6.14. The highest BCUT2D eigenvalue weighted by atomic mass is 32.1. The first-order chi connectivity index (χ1) is 7.48. The Kier molecular flexibility index (Phi) is 2.17. The van der Waals surface area contributed by atoms with Gasteiger partial charge in [-0.15, -0.1) is 11.3 Å². The zero-order chi connectivity index (χ0) is 13.3. The van der Waals surface area contributed by atoms with Gasteiger partial charge in [0.1, 0.15) is 0 Å². The standard InChI is InChI=1S/C8H2F8S/c9-5(10)3-1-2-17-4(3)6(11,12)8(15,16)7(5,13)14/h1-2H. The predicted molar refractivity (Wildman–Crippen MR) is 42.0 cm³/mol. The summed E-state index contributed by atoms with van der Waals surface area (Å²) < 4.78 is 104. The van der Waals surface area contributed by atoms with Crippen molar-refractivity contribution in [3.63, 3.8) is 0 Å². The highest BCUT2D eigenvalue weighted by Crippen LogP contribution is 2.65. The molecule has 0 unspecified atom stereocenters. The van der Waals surface area contributed by atoms with Crippen molar-refractivity contribution in [2.75, 3.05) is 0 Å². The number of thiophene rings is 1. The molecule has 0 bridgehead atoms. The molecular formula is C8H2F8S. The van der Waals surface area contributed by atoms with Gasteiger partial charge in [-0.3, -0.25) is 0 Å². The molecule has 2 rings (SSSR count). The molecule has 0 saturated heterocycles. The zero-order valence-electron chi connectivity index (χ0n) is 7.59. The van der Waals surface area contributed by atoms with E-state index in [1.807, 2.05) is 0 Å². The molecule has 17 heavy (non-hydrogen) atoms. The van der Waals surface area contributed by atoms with Gasteiger partial charge in [0.2, 0.25) is 0 Å². The maximum atomic E-state index is 13.1. The third-order valence-electron chi connectivity index (χ3n) is 2.47. The summed E-state index contributed by atoms with van der Waals surface area (Å²) in [6.45, 7) is 0. The average molecular weight is 282 g/mol. The Balaban J connectivity index is 2.83. The number of rotatable bonds is 0. The van der Waals surface area contributed by atoms with Gasteiger partial charge in [0.25, 0.3) is 0 Å². The minimum absolute atomic E-state index is 0.106. The van der Waals surface area contributed by atoms with E-state index >= 15 is 0 Å². The molecule has 0 radical (unpaired) electrons. The Bertz CT molecular complexity index is 419. The van der Waals surface area contributed by atoms with Crippen molar-refractivity contribution in [3.05, 3.63) is 21.9 Å². The van der Waals surface area contributed by atoms with Crippen LogP contribution in [0.5, 0.6) is 0 Å². The molecule has 9 heteroatoms. The summed E-state index contributed by atoms with van der Waals surface area (Å²) in [4.78, 5) is -1.72. The summed E-state index contributed by atoms with van der Waals surface area (Å²) in [5.74, 6) is -22.9. The molecule has 0 spiro atoms. The SMILES string of the molecule is FC1(F)c2ccsc2C(F)(F)C(F)(F)C1(F)F. The molecule has 0 saturated carbocycles. The van der Waals surface area contributed by atoms with Gasteiger partial charge in [-0.2, -0.15) is 35.1 Å². The molecule has 1 heterocycles. The van der Waals surface area contributed by atoms with E-state index in [0.717, 1.165) is 0 Å². The first-order valence-corrected chi connectivity index (χ1v) is 4.95. The molecule has 0 nitrogen and oxygen atoms in total. The molecule has 0 aromatic carbocycles. The van der Waals surface area contributed by atoms with Crippen LogP contribution in [-0.2, 0) is 11.8 Å². The Morgan fingerprint density at radius 1 is 0.765 bits per heavy atom. The summed E-state index contributed by atoms with van der Waals surface area (Å²) in [6.07, 6.45) is 0. The van der Waals surface area contributed by atoms with Gasteiger partial charge < -0.3 is 0 Å². The molecular weight excluding hydrogens is 280 g/mol. The van der Waals surface area contributed by atoms with Crippen LogP contribution < -0.4 is 0 Å². The minimum Gasteiger partial charge on any atom is -0.194 e. The highest BCUT2D eigenvalue weighted by Gasteiger charge is 2.85. The zero-order valence-corrected chi connectivity index (χ0v) is 8.40. The summed E-state index contributed by atoms with van der Waals surface area (Å²) in [5, 5.41) is 0.643. The molecule has 1 aromatic rings. The number of fused-ring (bicyclic) bond motifs is 1. The van der Waals surface area contributed by atoms with Gasteiger partial charge in [-0.1, -0.05) is 0 Å². The summed E-state index contributed by atoms with van der Waals surface area (Å²) in [7, 11) is 0. The van der Waals surface area contributed by atoms with E-state index < -0.39 is 34.1 Å². The largest absolute Gasteiger partial charge is 0.383 e. The molecule has 1 aromatic heterocycles. The van der Waals surface area contributed by atoms with Gasteiger partial charge in [-0.05, 0) is 11.4 Å². The number of halogens is 8. The third kappa shape index (κ3) is 1.13. The number of alkyl halides is 8. The number of hydrogen-bond donors (Lipinski definition) is 0. The highest BCUT2D eigenvalue weighted by molar-refractivity contribution is 7.10. The van der Waals surface area contributed by atoms with E-state index in [4.69, 9.17) is 0 Å². The van der Waals surface area contributed by atoms with E-state index in [0.29, 0.717) is 11.4 Å². The van der Waals surface area contributed by atoms with Crippen LogP contribution in [0.25, 0.3) is 0 Å². The molecule has 0 aliphatic heterocycles. The lowest BCUT2D eigenvalue weighted by Crippen LogP contribution is -2.63. The maximum Gasteiger partial charge on any atom is 0.383 e. The van der Waals surface area contributed by atoms with Gasteiger partial charge in [0.15, 0.2) is 0 Å². The Morgan fingerprint density at radius 3 is 1.76 bits per heavy atom. The topological polar surface area (TPSA) is 0 Å². The number of hydrogen-bond acceptors (Lipinski definition) is 1. The van der Waals surface area contributed by atoms with Gasteiger partial charge in [0, 0.05) is 5.56 Å². The van der Waals surface area contributed by atoms with E-state index in [1.54, 1.807) is 0 Å². The second-order valence-electron chi connectivity index (χ2n) is 3.46.